The first-order valence-corrected chi connectivity index (χ1v) is 12.4. The van der Waals surface area contributed by atoms with Crippen LogP contribution in [0.3, 0.4) is 0 Å². The Balaban J connectivity index is 1.45. The Labute approximate surface area is 189 Å². The van der Waals surface area contributed by atoms with Crippen LogP contribution in [0, 0.1) is 11.8 Å². The zero-order valence-corrected chi connectivity index (χ0v) is 19.4. The molecule has 1 amide bonds. The molecule has 1 aliphatic heterocycles. The lowest BCUT2D eigenvalue weighted by Crippen LogP contribution is -2.77. The Morgan fingerprint density at radius 2 is 1.97 bits per heavy atom. The molecule has 7 nitrogen and oxygen atoms in total. The minimum absolute atomic E-state index is 0.0634. The van der Waals surface area contributed by atoms with Crippen molar-refractivity contribution in [1.29, 1.82) is 0 Å². The average Bonchev–Trinajstić information content (AvgIpc) is 3.69. The van der Waals surface area contributed by atoms with Crippen LogP contribution in [-0.2, 0) is 25.4 Å². The normalized spacial score (nSPS) is 25.5. The molecule has 0 N–H and O–H groups in total. The Hall–Kier alpha value is -1.35. The van der Waals surface area contributed by atoms with Crippen LogP contribution in [0.1, 0.15) is 37.8 Å². The third-order valence-electron chi connectivity index (χ3n) is 6.29. The number of carbonyl (C=O) groups is 1. The SMILES string of the molecule is COCO[C@@]1(Cc2cc(OCCC3CC3)ccn2)C(=O)N(COC)[C@H]1CSCC1CC1. The molecule has 1 aromatic heterocycles. The highest BCUT2D eigenvalue weighted by Crippen LogP contribution is 2.41. The van der Waals surface area contributed by atoms with Crippen molar-refractivity contribution >= 4 is 17.7 Å². The van der Waals surface area contributed by atoms with Crippen molar-refractivity contribution in [3.8, 4) is 5.75 Å². The molecular formula is C23H34N2O5S. The first kappa shape index (κ1) is 22.8. The van der Waals surface area contributed by atoms with Crippen molar-refractivity contribution in [3.63, 3.8) is 0 Å². The number of ether oxygens (including phenoxy) is 4. The molecule has 0 bridgehead atoms. The van der Waals surface area contributed by atoms with Crippen LogP contribution in [0.4, 0.5) is 0 Å². The second kappa shape index (κ2) is 10.5. The number of aromatic nitrogens is 1. The Bertz CT molecular complexity index is 742. The molecular weight excluding hydrogens is 416 g/mol. The van der Waals surface area contributed by atoms with Gasteiger partial charge in [-0.15, -0.1) is 0 Å². The lowest BCUT2D eigenvalue weighted by Gasteiger charge is -2.54. The fraction of sp³-hybridized carbons (Fsp3) is 0.739. The lowest BCUT2D eigenvalue weighted by molar-refractivity contribution is -0.229. The summed E-state index contributed by atoms with van der Waals surface area (Å²) >= 11 is 1.89. The summed E-state index contributed by atoms with van der Waals surface area (Å²) in [6, 6.07) is 3.73. The summed E-state index contributed by atoms with van der Waals surface area (Å²) < 4.78 is 22.5. The van der Waals surface area contributed by atoms with Crippen LogP contribution in [0.25, 0.3) is 0 Å². The summed E-state index contributed by atoms with van der Waals surface area (Å²) in [4.78, 5) is 19.5. The minimum atomic E-state index is -0.981. The van der Waals surface area contributed by atoms with Gasteiger partial charge in [-0.2, -0.15) is 11.8 Å². The molecule has 2 atom stereocenters. The monoisotopic (exact) mass is 450 g/mol. The first-order valence-electron chi connectivity index (χ1n) is 11.2. The van der Waals surface area contributed by atoms with E-state index < -0.39 is 5.60 Å². The lowest BCUT2D eigenvalue weighted by atomic mass is 9.79. The Morgan fingerprint density at radius 1 is 1.16 bits per heavy atom. The van der Waals surface area contributed by atoms with Crippen molar-refractivity contribution in [2.75, 3.05) is 45.9 Å². The number of β-lactam (4-membered cyclic amide) rings is 1. The van der Waals surface area contributed by atoms with Gasteiger partial charge in [-0.1, -0.05) is 12.8 Å². The van der Waals surface area contributed by atoms with E-state index in [0.29, 0.717) is 6.42 Å². The predicted molar refractivity (Wildman–Crippen MR) is 119 cm³/mol. The second-order valence-electron chi connectivity index (χ2n) is 8.87. The highest BCUT2D eigenvalue weighted by molar-refractivity contribution is 7.99. The summed E-state index contributed by atoms with van der Waals surface area (Å²) in [5.74, 6) is 4.34. The maximum Gasteiger partial charge on any atom is 0.259 e. The standard InChI is InChI=1S/C23H34N2O5S/c1-27-15-25-21(14-31-13-18-5-6-18)23(22(25)26,30-16-28-2)12-19-11-20(7-9-24-19)29-10-8-17-3-4-17/h7,9,11,17-18,21H,3-6,8,10,12-16H2,1-2H3/t21-,23+/m0/s1. The third-order valence-corrected chi connectivity index (χ3v) is 7.55. The molecule has 2 aliphatic carbocycles. The maximum absolute atomic E-state index is 13.2. The molecule has 2 saturated carbocycles. The fourth-order valence-corrected chi connectivity index (χ4v) is 5.56. The van der Waals surface area contributed by atoms with Gasteiger partial charge < -0.3 is 23.8 Å². The maximum atomic E-state index is 13.2. The van der Waals surface area contributed by atoms with Gasteiger partial charge in [0.15, 0.2) is 5.60 Å². The number of carbonyl (C=O) groups excluding carboxylic acids is 1. The number of thioether (sulfide) groups is 1. The Kier molecular flexibility index (Phi) is 7.74. The predicted octanol–water partition coefficient (Wildman–Crippen LogP) is 3.12. The fourth-order valence-electron chi connectivity index (χ4n) is 4.08. The van der Waals surface area contributed by atoms with Gasteiger partial charge in [0.1, 0.15) is 19.3 Å². The first-order chi connectivity index (χ1) is 15.2. The van der Waals surface area contributed by atoms with Crippen LogP contribution in [0.5, 0.6) is 5.75 Å². The van der Waals surface area contributed by atoms with Gasteiger partial charge >= 0.3 is 0 Å². The van der Waals surface area contributed by atoms with Crippen molar-refractivity contribution in [2.24, 2.45) is 11.8 Å². The highest BCUT2D eigenvalue weighted by Gasteiger charge is 2.62. The quantitative estimate of drug-likeness (QED) is 0.300. The van der Waals surface area contributed by atoms with E-state index in [1.54, 1.807) is 25.3 Å². The van der Waals surface area contributed by atoms with Crippen LogP contribution in [-0.4, -0.2) is 73.3 Å². The Morgan fingerprint density at radius 3 is 2.68 bits per heavy atom. The zero-order chi connectivity index (χ0) is 21.7. The number of methoxy groups -OCH3 is 2. The molecule has 0 aromatic carbocycles. The minimum Gasteiger partial charge on any atom is -0.493 e. The van der Waals surface area contributed by atoms with Crippen molar-refractivity contribution in [2.45, 2.75) is 50.2 Å². The van der Waals surface area contributed by atoms with E-state index in [0.717, 1.165) is 47.8 Å². The molecule has 1 aromatic rings. The third kappa shape index (κ3) is 5.72. The average molecular weight is 451 g/mol. The summed E-state index contributed by atoms with van der Waals surface area (Å²) in [7, 11) is 3.19. The topological polar surface area (TPSA) is 70.1 Å². The van der Waals surface area contributed by atoms with Crippen LogP contribution >= 0.6 is 11.8 Å². The number of pyridine rings is 1. The summed E-state index contributed by atoms with van der Waals surface area (Å²) in [6.45, 7) is 1.05. The number of likely N-dealkylation sites (tertiary alicyclic amines) is 1. The van der Waals surface area contributed by atoms with Crippen LogP contribution in [0.15, 0.2) is 18.3 Å². The zero-order valence-electron chi connectivity index (χ0n) is 18.6. The highest BCUT2D eigenvalue weighted by atomic mass is 32.2. The molecule has 31 heavy (non-hydrogen) atoms. The van der Waals surface area contributed by atoms with E-state index in [9.17, 15) is 4.79 Å². The molecule has 8 heteroatoms. The van der Waals surface area contributed by atoms with Gasteiger partial charge in [0.05, 0.1) is 12.6 Å². The molecule has 3 aliphatic rings. The summed E-state index contributed by atoms with van der Waals surface area (Å²) in [5, 5.41) is 0. The molecule has 0 unspecified atom stereocenters. The summed E-state index contributed by atoms with van der Waals surface area (Å²) in [5.41, 5.74) is -0.187. The molecule has 1 saturated heterocycles. The van der Waals surface area contributed by atoms with E-state index in [1.807, 2.05) is 23.9 Å². The van der Waals surface area contributed by atoms with Gasteiger partial charge in [-0.25, -0.2) is 0 Å². The molecule has 2 heterocycles. The van der Waals surface area contributed by atoms with Gasteiger partial charge in [0, 0.05) is 44.4 Å². The smallest absolute Gasteiger partial charge is 0.259 e. The molecule has 0 spiro atoms. The van der Waals surface area contributed by atoms with Crippen LogP contribution in [0.2, 0.25) is 0 Å². The van der Waals surface area contributed by atoms with Crippen molar-refractivity contribution in [1.82, 2.24) is 9.88 Å². The van der Waals surface area contributed by atoms with Crippen LogP contribution < -0.4 is 4.74 Å². The van der Waals surface area contributed by atoms with Gasteiger partial charge in [-0.05, 0) is 42.9 Å². The summed E-state index contributed by atoms with van der Waals surface area (Å²) in [6.07, 6.45) is 8.53. The van der Waals surface area contributed by atoms with Gasteiger partial charge in [0.25, 0.3) is 5.91 Å². The van der Waals surface area contributed by atoms with Gasteiger partial charge in [-0.3, -0.25) is 9.78 Å². The number of hydrogen-bond acceptors (Lipinski definition) is 7. The van der Waals surface area contributed by atoms with Crippen molar-refractivity contribution in [3.05, 3.63) is 24.0 Å². The van der Waals surface area contributed by atoms with E-state index >= 15 is 0 Å². The van der Waals surface area contributed by atoms with E-state index in [1.165, 1.54) is 25.7 Å². The largest absolute Gasteiger partial charge is 0.493 e. The number of amides is 1. The van der Waals surface area contributed by atoms with Crippen molar-refractivity contribution < 1.29 is 23.7 Å². The number of rotatable bonds is 15. The molecule has 4 rings (SSSR count). The van der Waals surface area contributed by atoms with E-state index in [2.05, 4.69) is 4.98 Å². The molecule has 172 valence electrons. The van der Waals surface area contributed by atoms with Gasteiger partial charge in [0.2, 0.25) is 0 Å². The second-order valence-corrected chi connectivity index (χ2v) is 9.94. The van der Waals surface area contributed by atoms with E-state index in [4.69, 9.17) is 18.9 Å². The molecule has 0 radical (unpaired) electrons. The van der Waals surface area contributed by atoms with E-state index in [-0.39, 0.29) is 25.5 Å². The number of nitrogens with zero attached hydrogens (tertiary/aromatic N) is 2. The molecule has 3 fully saturated rings. The number of hydrogen-bond donors (Lipinski definition) is 0.